The van der Waals surface area contributed by atoms with Gasteiger partial charge in [0.1, 0.15) is 0 Å². The van der Waals surface area contributed by atoms with Crippen LogP contribution in [0.4, 0.5) is 0 Å². The second-order valence-electron chi connectivity index (χ2n) is 7.68. The van der Waals surface area contributed by atoms with Crippen LogP contribution in [0, 0.1) is 11.8 Å². The van der Waals surface area contributed by atoms with E-state index in [4.69, 9.17) is 5.73 Å². The lowest BCUT2D eigenvalue weighted by molar-refractivity contribution is -0.0449. The van der Waals surface area contributed by atoms with Crippen LogP contribution in [-0.4, -0.2) is 54.1 Å². The van der Waals surface area contributed by atoms with Crippen molar-refractivity contribution in [2.45, 2.75) is 71.4 Å². The molecule has 3 atom stereocenters. The van der Waals surface area contributed by atoms with Crippen molar-refractivity contribution < 1.29 is 0 Å². The fraction of sp³-hybridized carbons (Fsp3) is 1.00. The Labute approximate surface area is 132 Å². The van der Waals surface area contributed by atoms with Gasteiger partial charge in [-0.3, -0.25) is 9.80 Å². The molecular weight excluding hydrogens is 258 g/mol. The van der Waals surface area contributed by atoms with Crippen molar-refractivity contribution in [3.63, 3.8) is 0 Å². The highest BCUT2D eigenvalue weighted by Crippen LogP contribution is 2.42. The Morgan fingerprint density at radius 3 is 2.29 bits per heavy atom. The van der Waals surface area contributed by atoms with Gasteiger partial charge in [0.2, 0.25) is 0 Å². The first-order valence-corrected chi connectivity index (χ1v) is 9.24. The summed E-state index contributed by atoms with van der Waals surface area (Å²) in [7, 11) is 0. The van der Waals surface area contributed by atoms with Crippen LogP contribution >= 0.6 is 0 Å². The average Bonchev–Trinajstić information content (AvgIpc) is 2.54. The van der Waals surface area contributed by atoms with Crippen LogP contribution in [0.15, 0.2) is 0 Å². The third-order valence-corrected chi connectivity index (χ3v) is 6.38. The molecule has 3 heteroatoms. The normalized spacial score (nSPS) is 34.3. The molecule has 0 bridgehead atoms. The summed E-state index contributed by atoms with van der Waals surface area (Å²) in [6.45, 7) is 15.2. The predicted octanol–water partition coefficient (Wildman–Crippen LogP) is 2.95. The summed E-state index contributed by atoms with van der Waals surface area (Å²) in [6.07, 6.45) is 6.72. The Hall–Kier alpha value is -0.120. The second kappa shape index (κ2) is 7.43. The van der Waals surface area contributed by atoms with Crippen LogP contribution < -0.4 is 5.73 Å². The lowest BCUT2D eigenvalue weighted by atomic mass is 9.66. The standard InChI is InChI=1S/C18H37N3/c1-5-16(4)20-10-12-21(13-11-20)18(14-19)9-7-6-8-17(18)15(2)3/h15-17H,5-14,19H2,1-4H3. The molecule has 2 fully saturated rings. The van der Waals surface area contributed by atoms with Gasteiger partial charge in [-0.05, 0) is 38.0 Å². The highest BCUT2D eigenvalue weighted by Gasteiger charge is 2.46. The summed E-state index contributed by atoms with van der Waals surface area (Å²) in [4.78, 5) is 5.43. The van der Waals surface area contributed by atoms with Crippen molar-refractivity contribution in [2.75, 3.05) is 32.7 Å². The van der Waals surface area contributed by atoms with E-state index in [2.05, 4.69) is 37.5 Å². The largest absolute Gasteiger partial charge is 0.329 e. The molecule has 0 spiro atoms. The lowest BCUT2D eigenvalue weighted by Crippen LogP contribution is -2.65. The Bertz CT molecular complexity index is 310. The van der Waals surface area contributed by atoms with Crippen LogP contribution in [0.5, 0.6) is 0 Å². The van der Waals surface area contributed by atoms with Crippen molar-refractivity contribution >= 4 is 0 Å². The SMILES string of the molecule is CCC(C)N1CCN(C2(CN)CCCCC2C(C)C)CC1. The first kappa shape index (κ1) is 17.2. The molecule has 0 aromatic carbocycles. The summed E-state index contributed by atoms with van der Waals surface area (Å²) >= 11 is 0. The number of nitrogens with two attached hydrogens (primary N) is 1. The molecule has 21 heavy (non-hydrogen) atoms. The van der Waals surface area contributed by atoms with Crippen molar-refractivity contribution in [2.24, 2.45) is 17.6 Å². The van der Waals surface area contributed by atoms with Gasteiger partial charge in [0.25, 0.3) is 0 Å². The number of rotatable bonds is 5. The van der Waals surface area contributed by atoms with E-state index in [0.717, 1.165) is 24.4 Å². The molecule has 124 valence electrons. The molecule has 1 saturated heterocycles. The zero-order chi connectivity index (χ0) is 15.5. The van der Waals surface area contributed by atoms with E-state index >= 15 is 0 Å². The van der Waals surface area contributed by atoms with Gasteiger partial charge < -0.3 is 5.73 Å². The lowest BCUT2D eigenvalue weighted by Gasteiger charge is -2.55. The third kappa shape index (κ3) is 3.46. The molecule has 0 radical (unpaired) electrons. The van der Waals surface area contributed by atoms with E-state index < -0.39 is 0 Å². The molecule has 1 aliphatic heterocycles. The van der Waals surface area contributed by atoms with Crippen molar-refractivity contribution in [3.8, 4) is 0 Å². The Morgan fingerprint density at radius 1 is 1.10 bits per heavy atom. The predicted molar refractivity (Wildman–Crippen MR) is 91.5 cm³/mol. The highest BCUT2D eigenvalue weighted by molar-refractivity contribution is 5.02. The van der Waals surface area contributed by atoms with Gasteiger partial charge in [0.05, 0.1) is 0 Å². The molecule has 1 saturated carbocycles. The summed E-state index contributed by atoms with van der Waals surface area (Å²) in [5.41, 5.74) is 6.65. The van der Waals surface area contributed by atoms with E-state index in [9.17, 15) is 0 Å². The Morgan fingerprint density at radius 2 is 1.76 bits per heavy atom. The molecule has 0 amide bonds. The maximum absolute atomic E-state index is 6.36. The molecule has 1 aliphatic carbocycles. The van der Waals surface area contributed by atoms with Gasteiger partial charge in [0, 0.05) is 44.3 Å². The molecule has 0 aromatic heterocycles. The zero-order valence-electron chi connectivity index (χ0n) is 14.8. The molecule has 0 aromatic rings. The fourth-order valence-electron chi connectivity index (χ4n) is 4.84. The van der Waals surface area contributed by atoms with Crippen LogP contribution in [0.25, 0.3) is 0 Å². The number of nitrogens with zero attached hydrogens (tertiary/aromatic N) is 2. The minimum absolute atomic E-state index is 0.286. The van der Waals surface area contributed by atoms with Gasteiger partial charge in [-0.1, -0.05) is 33.6 Å². The molecule has 3 unspecified atom stereocenters. The van der Waals surface area contributed by atoms with Gasteiger partial charge in [0.15, 0.2) is 0 Å². The second-order valence-corrected chi connectivity index (χ2v) is 7.68. The first-order valence-electron chi connectivity index (χ1n) is 9.24. The van der Waals surface area contributed by atoms with Gasteiger partial charge in [-0.2, -0.15) is 0 Å². The van der Waals surface area contributed by atoms with E-state index in [1.807, 2.05) is 0 Å². The number of hydrogen-bond donors (Lipinski definition) is 1. The minimum atomic E-state index is 0.286. The average molecular weight is 296 g/mol. The minimum Gasteiger partial charge on any atom is -0.329 e. The molecule has 2 N–H and O–H groups in total. The fourth-order valence-corrected chi connectivity index (χ4v) is 4.84. The van der Waals surface area contributed by atoms with E-state index in [1.54, 1.807) is 0 Å². The topological polar surface area (TPSA) is 32.5 Å². The summed E-state index contributed by atoms with van der Waals surface area (Å²) in [6, 6.07) is 0.730. The van der Waals surface area contributed by atoms with E-state index in [1.165, 1.54) is 58.3 Å². The van der Waals surface area contributed by atoms with Gasteiger partial charge in [-0.15, -0.1) is 0 Å². The van der Waals surface area contributed by atoms with Crippen molar-refractivity contribution in [3.05, 3.63) is 0 Å². The number of hydrogen-bond acceptors (Lipinski definition) is 3. The third-order valence-electron chi connectivity index (χ3n) is 6.38. The van der Waals surface area contributed by atoms with E-state index in [-0.39, 0.29) is 5.54 Å². The molecule has 3 nitrogen and oxygen atoms in total. The van der Waals surface area contributed by atoms with Crippen LogP contribution in [0.1, 0.15) is 59.8 Å². The van der Waals surface area contributed by atoms with Crippen LogP contribution in [-0.2, 0) is 0 Å². The summed E-state index contributed by atoms with van der Waals surface area (Å²) in [5.74, 6) is 1.54. The number of piperazine rings is 1. The molecule has 1 heterocycles. The van der Waals surface area contributed by atoms with Gasteiger partial charge >= 0.3 is 0 Å². The maximum Gasteiger partial charge on any atom is 0.0363 e. The Balaban J connectivity index is 2.07. The zero-order valence-corrected chi connectivity index (χ0v) is 14.8. The van der Waals surface area contributed by atoms with Crippen molar-refractivity contribution in [1.29, 1.82) is 0 Å². The highest BCUT2D eigenvalue weighted by atomic mass is 15.3. The summed E-state index contributed by atoms with van der Waals surface area (Å²) in [5, 5.41) is 0. The monoisotopic (exact) mass is 295 g/mol. The summed E-state index contributed by atoms with van der Waals surface area (Å²) < 4.78 is 0. The van der Waals surface area contributed by atoms with Gasteiger partial charge in [-0.25, -0.2) is 0 Å². The molecule has 2 rings (SSSR count). The Kier molecular flexibility index (Phi) is 6.10. The maximum atomic E-state index is 6.36. The van der Waals surface area contributed by atoms with Crippen molar-refractivity contribution in [1.82, 2.24) is 9.80 Å². The van der Waals surface area contributed by atoms with E-state index in [0.29, 0.717) is 0 Å². The van der Waals surface area contributed by atoms with Crippen LogP contribution in [0.2, 0.25) is 0 Å². The molecular formula is C18H37N3. The first-order chi connectivity index (χ1) is 10.0. The smallest absolute Gasteiger partial charge is 0.0363 e. The van der Waals surface area contributed by atoms with Crippen LogP contribution in [0.3, 0.4) is 0 Å². The molecule has 2 aliphatic rings. The quantitative estimate of drug-likeness (QED) is 0.846.